The average Bonchev–Trinajstić information content (AvgIpc) is 3.24. The van der Waals surface area contributed by atoms with Crippen LogP contribution in [0.25, 0.3) is 0 Å². The molecule has 1 atom stereocenters. The van der Waals surface area contributed by atoms with Gasteiger partial charge in [-0.1, -0.05) is 43.2 Å². The van der Waals surface area contributed by atoms with Crippen molar-refractivity contribution in [3.63, 3.8) is 0 Å². The first kappa shape index (κ1) is 20.6. The Balaban J connectivity index is 1.66. The summed E-state index contributed by atoms with van der Waals surface area (Å²) in [6.07, 6.45) is 4.70. The number of hydrogen-bond donors (Lipinski definition) is 1. The summed E-state index contributed by atoms with van der Waals surface area (Å²) in [5.41, 5.74) is 1.16. The fourth-order valence-corrected chi connectivity index (χ4v) is 4.56. The number of carbonyl (C=O) groups is 2. The molecule has 0 radical (unpaired) electrons. The summed E-state index contributed by atoms with van der Waals surface area (Å²) in [4.78, 5) is 31.6. The number of benzene rings is 1. The van der Waals surface area contributed by atoms with Crippen molar-refractivity contribution in [2.45, 2.75) is 45.2 Å². The summed E-state index contributed by atoms with van der Waals surface area (Å²) in [6, 6.07) is 10.1. The van der Waals surface area contributed by atoms with E-state index in [0.717, 1.165) is 31.5 Å². The molecule has 6 nitrogen and oxygen atoms in total. The smallest absolute Gasteiger partial charge is 0.317 e. The number of rotatable bonds is 6. The van der Waals surface area contributed by atoms with Gasteiger partial charge in [0, 0.05) is 46.3 Å². The summed E-state index contributed by atoms with van der Waals surface area (Å²) in [7, 11) is 1.92. The molecular formula is C22H34N4O2. The van der Waals surface area contributed by atoms with Crippen LogP contribution in [0.2, 0.25) is 0 Å². The molecule has 154 valence electrons. The Morgan fingerprint density at radius 1 is 1.11 bits per heavy atom. The molecule has 0 aromatic heterocycles. The summed E-state index contributed by atoms with van der Waals surface area (Å²) >= 11 is 0. The molecule has 1 aromatic rings. The molecule has 3 rings (SSSR count). The van der Waals surface area contributed by atoms with Crippen molar-refractivity contribution in [3.05, 3.63) is 35.9 Å². The van der Waals surface area contributed by atoms with Gasteiger partial charge < -0.3 is 15.1 Å². The molecule has 1 saturated carbocycles. The third kappa shape index (κ3) is 5.04. The van der Waals surface area contributed by atoms with Crippen LogP contribution in [-0.2, 0) is 11.3 Å². The highest BCUT2D eigenvalue weighted by molar-refractivity contribution is 5.82. The zero-order chi connectivity index (χ0) is 19.9. The number of amides is 3. The molecule has 0 unspecified atom stereocenters. The molecule has 6 heteroatoms. The highest BCUT2D eigenvalue weighted by atomic mass is 16.2. The Bertz CT molecular complexity index is 637. The predicted molar refractivity (Wildman–Crippen MR) is 111 cm³/mol. The minimum atomic E-state index is -0.0624. The summed E-state index contributed by atoms with van der Waals surface area (Å²) in [6.45, 7) is 6.13. The van der Waals surface area contributed by atoms with Crippen molar-refractivity contribution < 1.29 is 9.59 Å². The molecular weight excluding hydrogens is 352 g/mol. The Kier molecular flexibility index (Phi) is 7.31. The van der Waals surface area contributed by atoms with Crippen molar-refractivity contribution in [1.82, 2.24) is 20.0 Å². The lowest BCUT2D eigenvalue weighted by atomic mass is 9.94. The minimum Gasteiger partial charge on any atom is -0.340 e. The van der Waals surface area contributed by atoms with Crippen LogP contribution < -0.4 is 5.32 Å². The number of hydrogen-bond acceptors (Lipinski definition) is 3. The van der Waals surface area contributed by atoms with Crippen LogP contribution in [0.5, 0.6) is 0 Å². The minimum absolute atomic E-state index is 0.00656. The van der Waals surface area contributed by atoms with Crippen LogP contribution in [0.3, 0.4) is 0 Å². The molecule has 3 amide bonds. The van der Waals surface area contributed by atoms with E-state index < -0.39 is 0 Å². The van der Waals surface area contributed by atoms with Crippen molar-refractivity contribution in [1.29, 1.82) is 0 Å². The molecule has 0 spiro atoms. The molecule has 0 bridgehead atoms. The lowest BCUT2D eigenvalue weighted by Crippen LogP contribution is -2.59. The van der Waals surface area contributed by atoms with Crippen LogP contribution in [-0.4, -0.2) is 72.5 Å². The molecule has 1 heterocycles. The van der Waals surface area contributed by atoms with Gasteiger partial charge in [-0.25, -0.2) is 4.79 Å². The highest BCUT2D eigenvalue weighted by Crippen LogP contribution is 2.32. The topological polar surface area (TPSA) is 55.9 Å². The van der Waals surface area contributed by atoms with Crippen LogP contribution in [0.15, 0.2) is 30.3 Å². The van der Waals surface area contributed by atoms with Gasteiger partial charge in [-0.2, -0.15) is 0 Å². The number of nitrogens with zero attached hydrogens (tertiary/aromatic N) is 3. The largest absolute Gasteiger partial charge is 0.340 e. The molecule has 1 saturated heterocycles. The fourth-order valence-electron chi connectivity index (χ4n) is 4.56. The second kappa shape index (κ2) is 9.92. The molecule has 2 aliphatic rings. The Hall–Kier alpha value is -2.08. The summed E-state index contributed by atoms with van der Waals surface area (Å²) < 4.78 is 0. The van der Waals surface area contributed by atoms with Gasteiger partial charge >= 0.3 is 6.03 Å². The number of urea groups is 1. The zero-order valence-corrected chi connectivity index (χ0v) is 17.3. The third-order valence-corrected chi connectivity index (χ3v) is 6.06. The summed E-state index contributed by atoms with van der Waals surface area (Å²) in [5.74, 6) is 0.656. The van der Waals surface area contributed by atoms with Gasteiger partial charge in [-0.05, 0) is 31.2 Å². The molecule has 1 aliphatic heterocycles. The lowest BCUT2D eigenvalue weighted by molar-refractivity contribution is -0.139. The Morgan fingerprint density at radius 3 is 2.36 bits per heavy atom. The van der Waals surface area contributed by atoms with Gasteiger partial charge in [0.05, 0.1) is 6.04 Å². The number of carbonyl (C=O) groups excluding carboxylic acids is 2. The van der Waals surface area contributed by atoms with E-state index in [2.05, 4.69) is 22.3 Å². The normalized spacial score (nSPS) is 19.4. The van der Waals surface area contributed by atoms with E-state index in [1.54, 1.807) is 0 Å². The van der Waals surface area contributed by atoms with E-state index in [4.69, 9.17) is 0 Å². The molecule has 1 aromatic carbocycles. The Morgan fingerprint density at radius 2 is 1.75 bits per heavy atom. The molecule has 28 heavy (non-hydrogen) atoms. The van der Waals surface area contributed by atoms with Gasteiger partial charge in [0.15, 0.2) is 0 Å². The fraction of sp³-hybridized carbons (Fsp3) is 0.636. The molecule has 2 fully saturated rings. The van der Waals surface area contributed by atoms with Gasteiger partial charge in [-0.3, -0.25) is 9.69 Å². The van der Waals surface area contributed by atoms with Gasteiger partial charge in [-0.15, -0.1) is 0 Å². The standard InChI is InChI=1S/C22H34N4O2/c1-3-23-22(28)26-15-13-25(14-16-26)20(19-11-7-8-12-19)21(27)24(2)17-18-9-5-4-6-10-18/h4-6,9-10,19-20H,3,7-8,11-17H2,1-2H3,(H,23,28)/t20-/m1/s1. The maximum absolute atomic E-state index is 13.4. The van der Waals surface area contributed by atoms with Crippen molar-refractivity contribution in [2.24, 2.45) is 5.92 Å². The van der Waals surface area contributed by atoms with E-state index >= 15 is 0 Å². The second-order valence-electron chi connectivity index (χ2n) is 8.03. The number of nitrogens with one attached hydrogen (secondary N) is 1. The highest BCUT2D eigenvalue weighted by Gasteiger charge is 2.38. The first-order valence-corrected chi connectivity index (χ1v) is 10.7. The average molecular weight is 387 g/mol. The monoisotopic (exact) mass is 386 g/mol. The SMILES string of the molecule is CCNC(=O)N1CCN([C@@H](C(=O)N(C)Cc2ccccc2)C2CCCC2)CC1. The number of likely N-dealkylation sites (N-methyl/N-ethyl adjacent to an activating group) is 1. The van der Waals surface area contributed by atoms with Gasteiger partial charge in [0.2, 0.25) is 5.91 Å². The summed E-state index contributed by atoms with van der Waals surface area (Å²) in [5, 5.41) is 2.88. The Labute approximate surface area is 168 Å². The second-order valence-corrected chi connectivity index (χ2v) is 8.03. The van der Waals surface area contributed by atoms with E-state index in [1.165, 1.54) is 12.8 Å². The quantitative estimate of drug-likeness (QED) is 0.817. The van der Waals surface area contributed by atoms with E-state index in [0.29, 0.717) is 32.1 Å². The first-order valence-electron chi connectivity index (χ1n) is 10.7. The van der Waals surface area contributed by atoms with E-state index in [1.807, 2.05) is 42.0 Å². The van der Waals surface area contributed by atoms with E-state index in [9.17, 15) is 9.59 Å². The number of piperazine rings is 1. The van der Waals surface area contributed by atoms with Crippen LogP contribution >= 0.6 is 0 Å². The predicted octanol–water partition coefficient (Wildman–Crippen LogP) is 2.55. The lowest BCUT2D eigenvalue weighted by Gasteiger charge is -2.42. The van der Waals surface area contributed by atoms with Gasteiger partial charge in [0.1, 0.15) is 0 Å². The van der Waals surface area contributed by atoms with Crippen LogP contribution in [0.1, 0.15) is 38.2 Å². The van der Waals surface area contributed by atoms with Crippen LogP contribution in [0.4, 0.5) is 4.79 Å². The van der Waals surface area contributed by atoms with Crippen LogP contribution in [0, 0.1) is 5.92 Å². The van der Waals surface area contributed by atoms with Crippen molar-refractivity contribution >= 4 is 11.9 Å². The van der Waals surface area contributed by atoms with Crippen molar-refractivity contribution in [2.75, 3.05) is 39.8 Å². The van der Waals surface area contributed by atoms with E-state index in [-0.39, 0.29) is 18.0 Å². The molecule has 1 N–H and O–H groups in total. The maximum atomic E-state index is 13.4. The zero-order valence-electron chi connectivity index (χ0n) is 17.3. The van der Waals surface area contributed by atoms with Gasteiger partial charge in [0.25, 0.3) is 0 Å². The first-order chi connectivity index (χ1) is 13.6. The molecule has 1 aliphatic carbocycles. The third-order valence-electron chi connectivity index (χ3n) is 6.06. The maximum Gasteiger partial charge on any atom is 0.317 e. The van der Waals surface area contributed by atoms with Crippen molar-refractivity contribution in [3.8, 4) is 0 Å².